The van der Waals surface area contributed by atoms with Gasteiger partial charge in [0.15, 0.2) is 0 Å². The molecule has 0 saturated heterocycles. The van der Waals surface area contributed by atoms with E-state index in [-0.39, 0.29) is 23.2 Å². The first kappa shape index (κ1) is 19.3. The van der Waals surface area contributed by atoms with Crippen LogP contribution in [0.4, 0.5) is 22.7 Å². The fourth-order valence-electron chi connectivity index (χ4n) is 2.72. The van der Waals surface area contributed by atoms with Crippen LogP contribution in [0.25, 0.3) is 0 Å². The number of nitro groups is 1. The average molecular weight is 382 g/mol. The molecule has 0 bridgehead atoms. The van der Waals surface area contributed by atoms with Gasteiger partial charge < -0.3 is 16.0 Å². The Bertz CT molecular complexity index is 909. The van der Waals surface area contributed by atoms with Crippen LogP contribution in [0.2, 0.25) is 0 Å². The van der Waals surface area contributed by atoms with Gasteiger partial charge >= 0.3 is 0 Å². The second-order valence-corrected chi connectivity index (χ2v) is 6.74. The number of amides is 2. The van der Waals surface area contributed by atoms with Crippen molar-refractivity contribution in [3.63, 3.8) is 0 Å². The minimum absolute atomic E-state index is 0.0969. The second kappa shape index (κ2) is 8.51. The van der Waals surface area contributed by atoms with Gasteiger partial charge in [-0.25, -0.2) is 0 Å². The summed E-state index contributed by atoms with van der Waals surface area (Å²) < 4.78 is 0. The monoisotopic (exact) mass is 382 g/mol. The maximum absolute atomic E-state index is 12.5. The maximum Gasteiger partial charge on any atom is 0.293 e. The number of nitrogens with zero attached hydrogens (tertiary/aromatic N) is 1. The van der Waals surface area contributed by atoms with E-state index in [1.165, 1.54) is 6.07 Å². The van der Waals surface area contributed by atoms with Crippen molar-refractivity contribution >= 4 is 34.6 Å². The number of rotatable bonds is 8. The van der Waals surface area contributed by atoms with Gasteiger partial charge in [0.25, 0.3) is 11.6 Å². The van der Waals surface area contributed by atoms with E-state index in [9.17, 15) is 19.7 Å². The van der Waals surface area contributed by atoms with Crippen LogP contribution in [0, 0.1) is 10.1 Å². The highest BCUT2D eigenvalue weighted by atomic mass is 16.6. The van der Waals surface area contributed by atoms with Gasteiger partial charge in [0.2, 0.25) is 5.91 Å². The van der Waals surface area contributed by atoms with Gasteiger partial charge in [-0.1, -0.05) is 13.0 Å². The number of anilines is 3. The Morgan fingerprint density at radius 2 is 1.82 bits per heavy atom. The molecule has 0 spiro atoms. The Morgan fingerprint density at radius 3 is 2.46 bits per heavy atom. The zero-order valence-corrected chi connectivity index (χ0v) is 15.5. The summed E-state index contributed by atoms with van der Waals surface area (Å²) in [5.74, 6) is -0.557. The first-order chi connectivity index (χ1) is 13.5. The lowest BCUT2D eigenvalue weighted by atomic mass is 10.1. The lowest BCUT2D eigenvalue weighted by molar-refractivity contribution is -0.384. The molecule has 0 unspecified atom stereocenters. The highest BCUT2D eigenvalue weighted by Crippen LogP contribution is 2.31. The number of benzene rings is 2. The first-order valence-corrected chi connectivity index (χ1v) is 9.22. The Balaban J connectivity index is 1.73. The van der Waals surface area contributed by atoms with E-state index in [4.69, 9.17) is 0 Å². The molecule has 3 N–H and O–H groups in total. The molecule has 3 rings (SSSR count). The number of nitro benzene ring substituents is 1. The van der Waals surface area contributed by atoms with Gasteiger partial charge in [-0.2, -0.15) is 0 Å². The summed E-state index contributed by atoms with van der Waals surface area (Å²) in [5, 5.41) is 19.9. The van der Waals surface area contributed by atoms with Crippen molar-refractivity contribution in [3.05, 3.63) is 58.1 Å². The number of hydrogen-bond donors (Lipinski definition) is 3. The van der Waals surface area contributed by atoms with Crippen molar-refractivity contribution in [1.29, 1.82) is 0 Å². The van der Waals surface area contributed by atoms with Crippen LogP contribution in [-0.4, -0.2) is 22.8 Å². The van der Waals surface area contributed by atoms with Crippen molar-refractivity contribution in [1.82, 2.24) is 0 Å². The standard InChI is InChI=1S/C20H22N4O4/c1-2-4-19(25)22-15-5-3-6-16(12-15)23-20(26)13-7-10-17(21-14-8-9-14)18(11-13)24(27)28/h3,5-7,10-12,14,21H,2,4,8-9H2,1H3,(H,22,25)(H,23,26). The van der Waals surface area contributed by atoms with Crippen LogP contribution in [0.15, 0.2) is 42.5 Å². The molecule has 0 heterocycles. The summed E-state index contributed by atoms with van der Waals surface area (Å²) in [5.41, 5.74) is 1.55. The molecule has 0 atom stereocenters. The molecular formula is C20H22N4O4. The van der Waals surface area contributed by atoms with E-state index in [1.807, 2.05) is 6.92 Å². The molecule has 8 heteroatoms. The maximum atomic E-state index is 12.5. The lowest BCUT2D eigenvalue weighted by Gasteiger charge is -2.10. The number of nitrogens with one attached hydrogen (secondary N) is 3. The molecule has 1 aliphatic rings. The summed E-state index contributed by atoms with van der Waals surface area (Å²) in [4.78, 5) is 35.1. The topological polar surface area (TPSA) is 113 Å². The van der Waals surface area contributed by atoms with Gasteiger partial charge in [-0.05, 0) is 49.6 Å². The zero-order chi connectivity index (χ0) is 20.1. The van der Waals surface area contributed by atoms with E-state index in [2.05, 4.69) is 16.0 Å². The Hall–Kier alpha value is -3.42. The fraction of sp³-hybridized carbons (Fsp3) is 0.300. The predicted molar refractivity (Wildman–Crippen MR) is 108 cm³/mol. The Morgan fingerprint density at radius 1 is 1.11 bits per heavy atom. The fourth-order valence-corrected chi connectivity index (χ4v) is 2.72. The average Bonchev–Trinajstić information content (AvgIpc) is 3.46. The van der Waals surface area contributed by atoms with Crippen LogP contribution in [0.1, 0.15) is 43.0 Å². The van der Waals surface area contributed by atoms with Crippen LogP contribution in [0.3, 0.4) is 0 Å². The third-order valence-corrected chi connectivity index (χ3v) is 4.27. The van der Waals surface area contributed by atoms with Crippen LogP contribution in [0.5, 0.6) is 0 Å². The normalized spacial score (nSPS) is 12.9. The second-order valence-electron chi connectivity index (χ2n) is 6.74. The highest BCUT2D eigenvalue weighted by molar-refractivity contribution is 6.05. The van der Waals surface area contributed by atoms with Crippen molar-refractivity contribution in [2.75, 3.05) is 16.0 Å². The third kappa shape index (κ3) is 5.06. The van der Waals surface area contributed by atoms with Gasteiger partial charge in [0.05, 0.1) is 4.92 Å². The van der Waals surface area contributed by atoms with E-state index in [0.29, 0.717) is 23.5 Å². The molecule has 1 aliphatic carbocycles. The SMILES string of the molecule is CCCC(=O)Nc1cccc(NC(=O)c2ccc(NC3CC3)c([N+](=O)[O-])c2)c1. The third-order valence-electron chi connectivity index (χ3n) is 4.27. The van der Waals surface area contributed by atoms with Gasteiger partial charge in [-0.3, -0.25) is 19.7 Å². The largest absolute Gasteiger partial charge is 0.377 e. The molecule has 0 radical (unpaired) electrons. The molecule has 2 aromatic rings. The number of carbonyl (C=O) groups is 2. The van der Waals surface area contributed by atoms with E-state index >= 15 is 0 Å². The number of carbonyl (C=O) groups excluding carboxylic acids is 2. The van der Waals surface area contributed by atoms with E-state index in [1.54, 1.807) is 36.4 Å². The number of hydrogen-bond acceptors (Lipinski definition) is 5. The summed E-state index contributed by atoms with van der Waals surface area (Å²) in [6.07, 6.45) is 3.14. The van der Waals surface area contributed by atoms with Gasteiger partial charge in [-0.15, -0.1) is 0 Å². The lowest BCUT2D eigenvalue weighted by Crippen LogP contribution is -2.14. The Kier molecular flexibility index (Phi) is 5.88. The predicted octanol–water partition coefficient (Wildman–Crippen LogP) is 4.16. The molecule has 8 nitrogen and oxygen atoms in total. The highest BCUT2D eigenvalue weighted by Gasteiger charge is 2.25. The van der Waals surface area contributed by atoms with Crippen molar-refractivity contribution < 1.29 is 14.5 Å². The van der Waals surface area contributed by atoms with Crippen LogP contribution in [-0.2, 0) is 4.79 Å². The molecule has 2 aromatic carbocycles. The molecule has 0 aliphatic heterocycles. The van der Waals surface area contributed by atoms with Crippen molar-refractivity contribution in [2.24, 2.45) is 0 Å². The van der Waals surface area contributed by atoms with Crippen molar-refractivity contribution in [3.8, 4) is 0 Å². The Labute approximate surface area is 162 Å². The summed E-state index contributed by atoms with van der Waals surface area (Å²) >= 11 is 0. The van der Waals surface area contributed by atoms with Gasteiger partial charge in [0, 0.05) is 35.5 Å². The van der Waals surface area contributed by atoms with E-state index < -0.39 is 10.8 Å². The first-order valence-electron chi connectivity index (χ1n) is 9.22. The molecule has 1 saturated carbocycles. The minimum Gasteiger partial charge on any atom is -0.377 e. The molecular weight excluding hydrogens is 360 g/mol. The quantitative estimate of drug-likeness (QED) is 0.469. The summed E-state index contributed by atoms with van der Waals surface area (Å²) in [7, 11) is 0. The molecule has 146 valence electrons. The summed E-state index contributed by atoms with van der Waals surface area (Å²) in [6, 6.07) is 11.4. The summed E-state index contributed by atoms with van der Waals surface area (Å²) in [6.45, 7) is 1.92. The molecule has 28 heavy (non-hydrogen) atoms. The molecule has 0 aromatic heterocycles. The van der Waals surface area contributed by atoms with Crippen molar-refractivity contribution in [2.45, 2.75) is 38.6 Å². The van der Waals surface area contributed by atoms with Crippen LogP contribution < -0.4 is 16.0 Å². The smallest absolute Gasteiger partial charge is 0.293 e. The molecule has 2 amide bonds. The van der Waals surface area contributed by atoms with Crippen LogP contribution >= 0.6 is 0 Å². The zero-order valence-electron chi connectivity index (χ0n) is 15.5. The van der Waals surface area contributed by atoms with E-state index in [0.717, 1.165) is 19.3 Å². The van der Waals surface area contributed by atoms with Gasteiger partial charge in [0.1, 0.15) is 5.69 Å². The molecule has 1 fully saturated rings. The minimum atomic E-state index is -0.495.